The van der Waals surface area contributed by atoms with E-state index >= 15 is 0 Å². The summed E-state index contributed by atoms with van der Waals surface area (Å²) in [5.41, 5.74) is 2.61. The van der Waals surface area contributed by atoms with E-state index in [4.69, 9.17) is 4.74 Å². The quantitative estimate of drug-likeness (QED) is 0.449. The van der Waals surface area contributed by atoms with Crippen LogP contribution in [0.15, 0.2) is 40.8 Å². The number of fused-ring (bicyclic) bond motifs is 1. The van der Waals surface area contributed by atoms with Crippen molar-refractivity contribution in [2.24, 2.45) is 17.3 Å². The molecule has 2 N–H and O–H groups in total. The maximum atomic E-state index is 12.3. The third-order valence-corrected chi connectivity index (χ3v) is 7.27. The van der Waals surface area contributed by atoms with Crippen molar-refractivity contribution in [3.05, 3.63) is 35.9 Å². The Morgan fingerprint density at radius 2 is 2.17 bits per heavy atom. The molecule has 1 aromatic carbocycles. The van der Waals surface area contributed by atoms with Crippen LogP contribution in [0.1, 0.15) is 26.7 Å². The van der Waals surface area contributed by atoms with Crippen molar-refractivity contribution in [3.8, 4) is 0 Å². The van der Waals surface area contributed by atoms with E-state index in [1.165, 1.54) is 12.0 Å². The summed E-state index contributed by atoms with van der Waals surface area (Å²) in [6.45, 7) is 6.22. The van der Waals surface area contributed by atoms with Gasteiger partial charge < -0.3 is 15.2 Å². The van der Waals surface area contributed by atoms with Crippen molar-refractivity contribution in [2.75, 3.05) is 44.9 Å². The zero-order chi connectivity index (χ0) is 21.0. The lowest BCUT2D eigenvalue weighted by atomic mass is 9.49. The van der Waals surface area contributed by atoms with Gasteiger partial charge in [-0.2, -0.15) is 0 Å². The smallest absolute Gasteiger partial charge is 0.238 e. The van der Waals surface area contributed by atoms with Gasteiger partial charge in [0.05, 0.1) is 31.5 Å². The molecule has 5 nitrogen and oxygen atoms in total. The van der Waals surface area contributed by atoms with E-state index in [0.717, 1.165) is 22.9 Å². The molecule has 3 atom stereocenters. The number of likely N-dealkylation sites (N-methyl/N-ethyl adjacent to an activating group) is 1. The number of carbonyl (C=O) groups excluding carboxylic acids is 1. The lowest BCUT2D eigenvalue weighted by Crippen LogP contribution is -2.48. The van der Waals surface area contributed by atoms with Crippen molar-refractivity contribution in [3.63, 3.8) is 0 Å². The Kier molecular flexibility index (Phi) is 7.43. The molecule has 0 saturated heterocycles. The number of aliphatic hydroxyl groups excluding tert-OH is 1. The largest absolute Gasteiger partial charge is 0.389 e. The highest BCUT2D eigenvalue weighted by atomic mass is 32.2. The van der Waals surface area contributed by atoms with Crippen LogP contribution in [0, 0.1) is 17.3 Å². The molecule has 0 aromatic heterocycles. The number of thioether (sulfide) groups is 1. The first-order valence-corrected chi connectivity index (χ1v) is 11.6. The van der Waals surface area contributed by atoms with E-state index in [-0.39, 0.29) is 19.1 Å². The van der Waals surface area contributed by atoms with Gasteiger partial charge in [-0.25, -0.2) is 0 Å². The second kappa shape index (κ2) is 9.65. The zero-order valence-electron chi connectivity index (χ0n) is 18.0. The molecule has 160 valence electrons. The molecule has 3 unspecified atom stereocenters. The Bertz CT molecular complexity index is 749. The Labute approximate surface area is 178 Å². The van der Waals surface area contributed by atoms with Crippen LogP contribution >= 0.6 is 11.8 Å². The van der Waals surface area contributed by atoms with Gasteiger partial charge in [-0.1, -0.05) is 32.1 Å². The van der Waals surface area contributed by atoms with Gasteiger partial charge in [0.15, 0.2) is 0 Å². The van der Waals surface area contributed by atoms with Gasteiger partial charge in [-0.3, -0.25) is 9.69 Å². The second-order valence-corrected chi connectivity index (χ2v) is 9.78. The summed E-state index contributed by atoms with van der Waals surface area (Å²) in [5.74, 6) is 1.37. The highest BCUT2D eigenvalue weighted by Gasteiger charge is 2.50. The minimum absolute atomic E-state index is 0.0868. The van der Waals surface area contributed by atoms with Crippen LogP contribution in [0.2, 0.25) is 0 Å². The molecule has 4 rings (SSSR count). The monoisotopic (exact) mass is 418 g/mol. The van der Waals surface area contributed by atoms with E-state index in [1.54, 1.807) is 11.8 Å². The van der Waals surface area contributed by atoms with Crippen molar-refractivity contribution < 1.29 is 14.6 Å². The number of hydrogen-bond donors (Lipinski definition) is 2. The second-order valence-electron chi connectivity index (χ2n) is 8.94. The summed E-state index contributed by atoms with van der Waals surface area (Å²) in [5, 5.41) is 13.2. The number of amides is 1. The Morgan fingerprint density at radius 3 is 2.86 bits per heavy atom. The first kappa shape index (κ1) is 22.3. The Morgan fingerprint density at radius 1 is 1.41 bits per heavy atom. The van der Waals surface area contributed by atoms with Gasteiger partial charge in [0.25, 0.3) is 0 Å². The van der Waals surface area contributed by atoms with Gasteiger partial charge in [-0.15, -0.1) is 11.8 Å². The fraction of sp³-hybridized carbons (Fsp3) is 0.609. The van der Waals surface area contributed by atoms with Crippen molar-refractivity contribution in [2.45, 2.75) is 37.7 Å². The number of rotatable bonds is 10. The van der Waals surface area contributed by atoms with Crippen LogP contribution < -0.4 is 5.32 Å². The normalized spacial score (nSPS) is 23.3. The molecular weight excluding hydrogens is 384 g/mol. The minimum Gasteiger partial charge on any atom is -0.389 e. The van der Waals surface area contributed by atoms with E-state index in [1.807, 2.05) is 42.5 Å². The minimum atomic E-state index is -0.613. The van der Waals surface area contributed by atoms with E-state index < -0.39 is 6.10 Å². The number of para-hydroxylation sites is 1. The van der Waals surface area contributed by atoms with Crippen LogP contribution in [0.5, 0.6) is 0 Å². The molecule has 3 aliphatic rings. The molecule has 1 aromatic rings. The maximum Gasteiger partial charge on any atom is 0.238 e. The van der Waals surface area contributed by atoms with Gasteiger partial charge in [0.1, 0.15) is 0 Å². The number of nitrogens with one attached hydrogen (secondary N) is 1. The highest BCUT2D eigenvalue weighted by Crippen LogP contribution is 2.59. The SMILES string of the molecule is CSc1ccccc1NC(=O)CN(C)CC(O)COCC1=CCC2CC1C2(C)C. The van der Waals surface area contributed by atoms with Crippen molar-refractivity contribution in [1.82, 2.24) is 4.90 Å². The molecule has 1 fully saturated rings. The maximum absolute atomic E-state index is 12.3. The average molecular weight is 419 g/mol. The molecule has 0 heterocycles. The number of hydrogen-bond acceptors (Lipinski definition) is 5. The van der Waals surface area contributed by atoms with Gasteiger partial charge in [0.2, 0.25) is 5.91 Å². The average Bonchev–Trinajstić information content (AvgIpc) is 2.68. The topological polar surface area (TPSA) is 61.8 Å². The number of carbonyl (C=O) groups is 1. The molecule has 2 bridgehead atoms. The fourth-order valence-corrected chi connectivity index (χ4v) is 5.17. The number of ether oxygens (including phenoxy) is 1. The third kappa shape index (κ3) is 5.43. The number of anilines is 1. The summed E-state index contributed by atoms with van der Waals surface area (Å²) in [6, 6.07) is 7.75. The summed E-state index contributed by atoms with van der Waals surface area (Å²) >= 11 is 1.60. The molecule has 0 radical (unpaired) electrons. The van der Waals surface area contributed by atoms with Crippen LogP contribution in [0.3, 0.4) is 0 Å². The predicted octanol–water partition coefficient (Wildman–Crippen LogP) is 3.65. The lowest BCUT2D eigenvalue weighted by molar-refractivity contribution is -0.117. The first-order valence-electron chi connectivity index (χ1n) is 10.4. The zero-order valence-corrected chi connectivity index (χ0v) is 18.8. The molecule has 6 heteroatoms. The third-order valence-electron chi connectivity index (χ3n) is 6.48. The molecule has 1 amide bonds. The Balaban J connectivity index is 1.36. The van der Waals surface area contributed by atoms with E-state index in [9.17, 15) is 9.90 Å². The number of benzene rings is 1. The molecule has 3 aliphatic carbocycles. The highest BCUT2D eigenvalue weighted by molar-refractivity contribution is 7.98. The Hall–Kier alpha value is -1.34. The van der Waals surface area contributed by atoms with Gasteiger partial charge in [-0.05, 0) is 61.1 Å². The fourth-order valence-electron chi connectivity index (χ4n) is 4.61. The van der Waals surface area contributed by atoms with Crippen LogP contribution in [0.25, 0.3) is 0 Å². The predicted molar refractivity (Wildman–Crippen MR) is 119 cm³/mol. The molecule has 0 spiro atoms. The standard InChI is InChI=1S/C23H34N2O3S/c1-23(2)17-10-9-16(19(23)11-17)14-28-15-18(26)12-25(3)13-22(27)24-20-7-5-6-8-21(20)29-4/h5-9,17-19,26H,10-15H2,1-4H3,(H,24,27). The van der Waals surface area contributed by atoms with E-state index in [2.05, 4.69) is 25.2 Å². The lowest BCUT2D eigenvalue weighted by Gasteiger charge is -2.56. The molecular formula is C23H34N2O3S. The van der Waals surface area contributed by atoms with Crippen molar-refractivity contribution >= 4 is 23.4 Å². The molecule has 0 aliphatic heterocycles. The summed E-state index contributed by atoms with van der Waals surface area (Å²) < 4.78 is 5.81. The first-order chi connectivity index (χ1) is 13.8. The summed E-state index contributed by atoms with van der Waals surface area (Å²) in [6.07, 6.45) is 6.14. The molecule has 1 saturated carbocycles. The van der Waals surface area contributed by atoms with E-state index in [0.29, 0.717) is 24.5 Å². The van der Waals surface area contributed by atoms with Crippen LogP contribution in [-0.2, 0) is 9.53 Å². The van der Waals surface area contributed by atoms with Gasteiger partial charge in [0, 0.05) is 11.4 Å². The van der Waals surface area contributed by atoms with Gasteiger partial charge >= 0.3 is 0 Å². The summed E-state index contributed by atoms with van der Waals surface area (Å²) in [7, 11) is 1.84. The van der Waals surface area contributed by atoms with Crippen molar-refractivity contribution in [1.29, 1.82) is 0 Å². The summed E-state index contributed by atoms with van der Waals surface area (Å²) in [4.78, 5) is 15.2. The number of aliphatic hydroxyl groups is 1. The van der Waals surface area contributed by atoms with Crippen LogP contribution in [-0.4, -0.2) is 61.6 Å². The molecule has 29 heavy (non-hydrogen) atoms. The van der Waals surface area contributed by atoms with Crippen LogP contribution in [0.4, 0.5) is 5.69 Å². The number of allylic oxidation sites excluding steroid dienone is 1. The number of nitrogens with zero attached hydrogens (tertiary/aromatic N) is 1.